The van der Waals surface area contributed by atoms with Gasteiger partial charge in [0, 0.05) is 30.1 Å². The first kappa shape index (κ1) is 24.6. The third kappa shape index (κ3) is 5.75. The number of carbonyl (C=O) groups excluding carboxylic acids is 1. The van der Waals surface area contributed by atoms with Crippen LogP contribution in [0.15, 0.2) is 72.8 Å². The van der Waals surface area contributed by atoms with Gasteiger partial charge in [0.25, 0.3) is 5.91 Å². The molecule has 0 bridgehead atoms. The van der Waals surface area contributed by atoms with Gasteiger partial charge in [-0.3, -0.25) is 9.69 Å². The monoisotopic (exact) mass is 494 g/mol. The SMILES string of the molecule is CC(=N)c1cc(C(=O)NS(C)(=O)=O)c(F)cc1NC1CN(C(c2ccccc2)c2ccccc2)C1. The molecule has 35 heavy (non-hydrogen) atoms. The Labute approximate surface area is 204 Å². The van der Waals surface area contributed by atoms with Crippen LogP contribution >= 0.6 is 0 Å². The lowest BCUT2D eigenvalue weighted by Crippen LogP contribution is -2.56. The molecule has 4 rings (SSSR count). The van der Waals surface area contributed by atoms with E-state index in [9.17, 15) is 17.6 Å². The molecule has 1 aliphatic rings. The number of sulfonamides is 1. The van der Waals surface area contributed by atoms with Gasteiger partial charge >= 0.3 is 0 Å². The lowest BCUT2D eigenvalue weighted by atomic mass is 9.93. The van der Waals surface area contributed by atoms with E-state index >= 15 is 0 Å². The predicted molar refractivity (Wildman–Crippen MR) is 135 cm³/mol. The van der Waals surface area contributed by atoms with Crippen LogP contribution in [-0.4, -0.2) is 50.3 Å². The Bertz CT molecular complexity index is 1300. The van der Waals surface area contributed by atoms with E-state index in [0.717, 1.165) is 12.3 Å². The van der Waals surface area contributed by atoms with Gasteiger partial charge in [-0.15, -0.1) is 0 Å². The first-order valence-corrected chi connectivity index (χ1v) is 13.0. The second-order valence-electron chi connectivity index (χ2n) is 8.73. The van der Waals surface area contributed by atoms with Crippen molar-refractivity contribution >= 4 is 27.3 Å². The highest BCUT2D eigenvalue weighted by Gasteiger charge is 2.34. The number of nitrogens with one attached hydrogen (secondary N) is 3. The van der Waals surface area contributed by atoms with Crippen molar-refractivity contribution in [3.05, 3.63) is 101 Å². The Morgan fingerprint density at radius 2 is 1.54 bits per heavy atom. The number of halogens is 1. The van der Waals surface area contributed by atoms with E-state index in [1.165, 1.54) is 24.1 Å². The molecule has 3 aromatic rings. The van der Waals surface area contributed by atoms with Crippen molar-refractivity contribution in [2.24, 2.45) is 0 Å². The molecule has 3 N–H and O–H groups in total. The summed E-state index contributed by atoms with van der Waals surface area (Å²) in [5.74, 6) is -1.93. The molecule has 182 valence electrons. The van der Waals surface area contributed by atoms with Crippen LogP contribution in [0.5, 0.6) is 0 Å². The molecule has 1 saturated heterocycles. The molecule has 0 aliphatic carbocycles. The lowest BCUT2D eigenvalue weighted by molar-refractivity contribution is 0.0978. The maximum atomic E-state index is 14.8. The summed E-state index contributed by atoms with van der Waals surface area (Å²) in [4.78, 5) is 14.5. The third-order valence-corrected chi connectivity index (χ3v) is 6.46. The molecular formula is C26H27FN4O3S. The maximum Gasteiger partial charge on any atom is 0.267 e. The van der Waals surface area contributed by atoms with Crippen molar-refractivity contribution in [1.29, 1.82) is 5.41 Å². The van der Waals surface area contributed by atoms with Gasteiger partial charge < -0.3 is 10.7 Å². The lowest BCUT2D eigenvalue weighted by Gasteiger charge is -2.45. The fraction of sp³-hybridized carbons (Fsp3) is 0.231. The number of carbonyl (C=O) groups is 1. The number of anilines is 1. The Balaban J connectivity index is 1.53. The Hall–Kier alpha value is -3.56. The number of hydrogen-bond donors (Lipinski definition) is 3. The van der Waals surface area contributed by atoms with Gasteiger partial charge in [-0.05, 0) is 30.2 Å². The number of amides is 1. The quantitative estimate of drug-likeness (QED) is 0.414. The summed E-state index contributed by atoms with van der Waals surface area (Å²) in [5.41, 5.74) is 2.80. The summed E-state index contributed by atoms with van der Waals surface area (Å²) in [7, 11) is -3.85. The van der Waals surface area contributed by atoms with Crippen molar-refractivity contribution in [3.63, 3.8) is 0 Å². The molecule has 0 spiro atoms. The second kappa shape index (κ2) is 9.97. The van der Waals surface area contributed by atoms with E-state index in [-0.39, 0.29) is 17.8 Å². The Kier molecular flexibility index (Phi) is 7.00. The Morgan fingerprint density at radius 3 is 2.03 bits per heavy atom. The zero-order valence-corrected chi connectivity index (χ0v) is 20.3. The zero-order valence-electron chi connectivity index (χ0n) is 19.5. The zero-order chi connectivity index (χ0) is 25.2. The molecule has 7 nitrogen and oxygen atoms in total. The summed E-state index contributed by atoms with van der Waals surface area (Å²) in [6.45, 7) is 2.93. The van der Waals surface area contributed by atoms with Gasteiger partial charge in [0.2, 0.25) is 10.0 Å². The topological polar surface area (TPSA) is 102 Å². The molecule has 1 heterocycles. The standard InChI is InChI=1S/C26H27FN4O3S/c1-17(28)21-13-22(26(32)30-35(2,33)34)23(27)14-24(21)29-20-15-31(16-20)25(18-9-5-3-6-10-18)19-11-7-4-8-12-19/h3-14,20,25,28-29H,15-16H2,1-2H3,(H,30,32). The average Bonchev–Trinajstić information content (AvgIpc) is 2.77. The van der Waals surface area contributed by atoms with Crippen LogP contribution in [0, 0.1) is 11.2 Å². The van der Waals surface area contributed by atoms with Crippen LogP contribution in [0.2, 0.25) is 0 Å². The first-order valence-electron chi connectivity index (χ1n) is 11.1. The molecule has 1 amide bonds. The van der Waals surface area contributed by atoms with Gasteiger partial charge in [-0.2, -0.15) is 0 Å². The fourth-order valence-electron chi connectivity index (χ4n) is 4.32. The molecule has 0 saturated carbocycles. The van der Waals surface area contributed by atoms with Gasteiger partial charge in [0.1, 0.15) is 5.82 Å². The van der Waals surface area contributed by atoms with E-state index in [4.69, 9.17) is 5.41 Å². The minimum absolute atomic E-state index is 0.0121. The fourth-order valence-corrected chi connectivity index (χ4v) is 4.77. The molecule has 0 radical (unpaired) electrons. The van der Waals surface area contributed by atoms with Crippen LogP contribution < -0.4 is 10.0 Å². The summed E-state index contributed by atoms with van der Waals surface area (Å²) in [5, 5.41) is 11.4. The average molecular weight is 495 g/mol. The van der Waals surface area contributed by atoms with Crippen molar-refractivity contribution in [1.82, 2.24) is 9.62 Å². The summed E-state index contributed by atoms with van der Waals surface area (Å²) < 4.78 is 39.3. The highest BCUT2D eigenvalue weighted by molar-refractivity contribution is 7.89. The van der Waals surface area contributed by atoms with Crippen LogP contribution in [-0.2, 0) is 10.0 Å². The van der Waals surface area contributed by atoms with E-state index in [1.54, 1.807) is 4.72 Å². The number of rotatable bonds is 8. The molecule has 9 heteroatoms. The third-order valence-electron chi connectivity index (χ3n) is 5.90. The number of nitrogens with zero attached hydrogens (tertiary/aromatic N) is 1. The van der Waals surface area contributed by atoms with E-state index in [2.05, 4.69) is 34.5 Å². The summed E-state index contributed by atoms with van der Waals surface area (Å²) in [6, 6.07) is 22.9. The smallest absolute Gasteiger partial charge is 0.267 e. The maximum absolute atomic E-state index is 14.8. The van der Waals surface area contributed by atoms with Gasteiger partial charge in [0.05, 0.1) is 23.9 Å². The predicted octanol–water partition coefficient (Wildman–Crippen LogP) is 3.79. The number of likely N-dealkylation sites (tertiary alicyclic amines) is 1. The first-order chi connectivity index (χ1) is 16.6. The minimum Gasteiger partial charge on any atom is -0.379 e. The molecule has 1 fully saturated rings. The van der Waals surface area contributed by atoms with E-state index in [0.29, 0.717) is 24.3 Å². The molecule has 0 unspecified atom stereocenters. The van der Waals surface area contributed by atoms with Gasteiger partial charge in [-0.25, -0.2) is 17.5 Å². The molecule has 3 aromatic carbocycles. The van der Waals surface area contributed by atoms with Crippen LogP contribution in [0.4, 0.5) is 10.1 Å². The van der Waals surface area contributed by atoms with Gasteiger partial charge in [0.15, 0.2) is 0 Å². The number of benzene rings is 3. The van der Waals surface area contributed by atoms with Crippen LogP contribution in [0.25, 0.3) is 0 Å². The summed E-state index contributed by atoms with van der Waals surface area (Å²) >= 11 is 0. The van der Waals surface area contributed by atoms with Crippen LogP contribution in [0.3, 0.4) is 0 Å². The largest absolute Gasteiger partial charge is 0.379 e. The summed E-state index contributed by atoms with van der Waals surface area (Å²) in [6.07, 6.45) is 0.821. The van der Waals surface area contributed by atoms with Gasteiger partial charge in [-0.1, -0.05) is 60.7 Å². The van der Waals surface area contributed by atoms with Crippen molar-refractivity contribution in [3.8, 4) is 0 Å². The van der Waals surface area contributed by atoms with E-state index < -0.39 is 27.3 Å². The Morgan fingerprint density at radius 1 is 1.00 bits per heavy atom. The highest BCUT2D eigenvalue weighted by atomic mass is 32.2. The number of hydrogen-bond acceptors (Lipinski definition) is 6. The van der Waals surface area contributed by atoms with E-state index in [1.807, 2.05) is 36.4 Å². The molecule has 0 atom stereocenters. The van der Waals surface area contributed by atoms with Crippen molar-refractivity contribution in [2.75, 3.05) is 24.7 Å². The highest BCUT2D eigenvalue weighted by Crippen LogP contribution is 2.33. The van der Waals surface area contributed by atoms with Crippen LogP contribution in [0.1, 0.15) is 40.0 Å². The normalized spacial score (nSPS) is 14.4. The van der Waals surface area contributed by atoms with Crippen molar-refractivity contribution in [2.45, 2.75) is 19.0 Å². The van der Waals surface area contributed by atoms with Crippen molar-refractivity contribution < 1.29 is 17.6 Å². The second-order valence-corrected chi connectivity index (χ2v) is 10.5. The molecule has 0 aromatic heterocycles. The molecular weight excluding hydrogens is 467 g/mol. The molecule has 1 aliphatic heterocycles. The minimum atomic E-state index is -3.85.